The zero-order valence-corrected chi connectivity index (χ0v) is 18.2. The third-order valence-electron chi connectivity index (χ3n) is 9.45. The van der Waals surface area contributed by atoms with Crippen LogP contribution in [-0.2, 0) is 19.0 Å². The Hall–Kier alpha value is -0.650. The average molecular weight is 419 g/mol. The summed E-state index contributed by atoms with van der Waals surface area (Å²) in [6, 6.07) is 0. The molecule has 1 saturated heterocycles. The summed E-state index contributed by atoms with van der Waals surface area (Å²) in [4.78, 5) is 13.1. The van der Waals surface area contributed by atoms with Gasteiger partial charge in [0.1, 0.15) is 0 Å². The number of hydrogen-bond donors (Lipinski definition) is 1. The van der Waals surface area contributed by atoms with Crippen LogP contribution in [-0.4, -0.2) is 42.8 Å². The molecule has 0 aromatic rings. The maximum absolute atomic E-state index is 13.1. The molecule has 0 aromatic heterocycles. The quantitative estimate of drug-likeness (QED) is 0.698. The molecule has 168 valence electrons. The Kier molecular flexibility index (Phi) is 4.97. The van der Waals surface area contributed by atoms with Crippen molar-refractivity contribution in [3.63, 3.8) is 0 Å². The standard InChI is InChI=1S/C25H38O5/c26-23(24-8-18-5-19(9-24)11-25(27,10-18)15-24)30-14-20-12-28-22(29-13-20)21-6-16-2-1-3-17(4-16)7-21/h16-22,27H,1-15H2. The average Bonchev–Trinajstić information content (AvgIpc) is 2.70. The molecular formula is C25H38O5. The van der Waals surface area contributed by atoms with Crippen molar-refractivity contribution in [2.24, 2.45) is 40.9 Å². The van der Waals surface area contributed by atoms with E-state index in [1.165, 1.54) is 44.9 Å². The Morgan fingerprint density at radius 2 is 1.53 bits per heavy atom. The van der Waals surface area contributed by atoms with Gasteiger partial charge in [-0.15, -0.1) is 0 Å². The van der Waals surface area contributed by atoms with Crippen LogP contribution in [0.5, 0.6) is 0 Å². The van der Waals surface area contributed by atoms with E-state index in [0.717, 1.165) is 37.5 Å². The molecule has 0 amide bonds. The van der Waals surface area contributed by atoms with Crippen molar-refractivity contribution in [3.8, 4) is 0 Å². The monoisotopic (exact) mass is 418 g/mol. The van der Waals surface area contributed by atoms with Crippen LogP contribution in [0.15, 0.2) is 0 Å². The summed E-state index contributed by atoms with van der Waals surface area (Å²) in [5, 5.41) is 10.9. The van der Waals surface area contributed by atoms with Gasteiger partial charge in [0.2, 0.25) is 0 Å². The minimum atomic E-state index is -0.619. The summed E-state index contributed by atoms with van der Waals surface area (Å²) in [7, 11) is 0. The number of fused-ring (bicyclic) bond motifs is 2. The van der Waals surface area contributed by atoms with Crippen LogP contribution < -0.4 is 0 Å². The molecule has 0 aromatic carbocycles. The topological polar surface area (TPSA) is 65.0 Å². The van der Waals surface area contributed by atoms with Gasteiger partial charge in [-0.1, -0.05) is 19.3 Å². The first-order chi connectivity index (χ1) is 14.5. The Morgan fingerprint density at radius 1 is 0.900 bits per heavy atom. The van der Waals surface area contributed by atoms with Crippen LogP contribution >= 0.6 is 0 Å². The van der Waals surface area contributed by atoms with E-state index >= 15 is 0 Å². The fraction of sp³-hybridized carbons (Fsp3) is 0.960. The van der Waals surface area contributed by atoms with Crippen LogP contribution in [0.3, 0.4) is 0 Å². The van der Waals surface area contributed by atoms with Gasteiger partial charge in [-0.25, -0.2) is 0 Å². The molecule has 1 N–H and O–H groups in total. The predicted molar refractivity (Wildman–Crippen MR) is 110 cm³/mol. The number of esters is 1. The Bertz CT molecular complexity index is 642. The van der Waals surface area contributed by atoms with Crippen LogP contribution in [0.25, 0.3) is 0 Å². The summed E-state index contributed by atoms with van der Waals surface area (Å²) >= 11 is 0. The van der Waals surface area contributed by atoms with Crippen LogP contribution in [0.4, 0.5) is 0 Å². The van der Waals surface area contributed by atoms with Crippen LogP contribution in [0.2, 0.25) is 0 Å². The van der Waals surface area contributed by atoms with Crippen molar-refractivity contribution in [2.75, 3.05) is 19.8 Å². The molecule has 7 rings (SSSR count). The molecule has 7 aliphatic rings. The van der Waals surface area contributed by atoms with E-state index in [9.17, 15) is 9.90 Å². The first-order valence-corrected chi connectivity index (χ1v) is 12.6. The molecule has 30 heavy (non-hydrogen) atoms. The number of hydrogen-bond acceptors (Lipinski definition) is 5. The lowest BCUT2D eigenvalue weighted by atomic mass is 9.48. The Morgan fingerprint density at radius 3 is 2.17 bits per heavy atom. The maximum atomic E-state index is 13.1. The van der Waals surface area contributed by atoms with E-state index < -0.39 is 11.0 Å². The second-order valence-electron chi connectivity index (χ2n) is 12.1. The van der Waals surface area contributed by atoms with E-state index in [-0.39, 0.29) is 18.2 Å². The van der Waals surface area contributed by atoms with Gasteiger partial charge in [0.25, 0.3) is 0 Å². The minimum Gasteiger partial charge on any atom is -0.465 e. The van der Waals surface area contributed by atoms with Crippen molar-refractivity contribution in [2.45, 2.75) is 88.9 Å². The molecule has 1 aliphatic heterocycles. The lowest BCUT2D eigenvalue weighted by molar-refractivity contribution is -0.240. The summed E-state index contributed by atoms with van der Waals surface area (Å²) < 4.78 is 18.1. The maximum Gasteiger partial charge on any atom is 0.312 e. The van der Waals surface area contributed by atoms with Gasteiger partial charge in [-0.05, 0) is 81.5 Å². The molecule has 6 saturated carbocycles. The Labute approximate surface area is 180 Å². The smallest absolute Gasteiger partial charge is 0.312 e. The Balaban J connectivity index is 0.998. The van der Waals surface area contributed by atoms with Crippen LogP contribution in [0, 0.1) is 40.9 Å². The number of carbonyl (C=O) groups excluding carboxylic acids is 1. The molecule has 0 spiro atoms. The molecule has 5 heteroatoms. The molecule has 0 radical (unpaired) electrons. The summed E-state index contributed by atoms with van der Waals surface area (Å²) in [6.45, 7) is 1.65. The third kappa shape index (κ3) is 3.63. The normalized spacial score (nSPS) is 52.2. The van der Waals surface area contributed by atoms with E-state index in [4.69, 9.17) is 14.2 Å². The largest absolute Gasteiger partial charge is 0.465 e. The minimum absolute atomic E-state index is 0.0576. The van der Waals surface area contributed by atoms with Gasteiger partial charge in [-0.2, -0.15) is 0 Å². The van der Waals surface area contributed by atoms with Crippen LogP contribution in [0.1, 0.15) is 77.0 Å². The SMILES string of the molecule is O=C(OCC1COC(C2CC3CCCC(C3)C2)OC1)C12CC3CC(CC(O)(C3)C1)C2. The fourth-order valence-electron chi connectivity index (χ4n) is 8.73. The van der Waals surface area contributed by atoms with Gasteiger partial charge in [0.15, 0.2) is 6.29 Å². The van der Waals surface area contributed by atoms with E-state index in [1.807, 2.05) is 0 Å². The zero-order valence-electron chi connectivity index (χ0n) is 18.2. The summed E-state index contributed by atoms with van der Waals surface area (Å²) in [5.41, 5.74) is -1.05. The summed E-state index contributed by atoms with van der Waals surface area (Å²) in [6.07, 6.45) is 13.4. The van der Waals surface area contributed by atoms with Gasteiger partial charge in [0.05, 0.1) is 30.8 Å². The number of ether oxygens (including phenoxy) is 3. The highest BCUT2D eigenvalue weighted by molar-refractivity contribution is 5.77. The number of carbonyl (C=O) groups is 1. The van der Waals surface area contributed by atoms with Crippen molar-refractivity contribution < 1.29 is 24.1 Å². The van der Waals surface area contributed by atoms with Gasteiger partial charge in [-0.3, -0.25) is 4.79 Å². The first-order valence-electron chi connectivity index (χ1n) is 12.6. The molecule has 1 heterocycles. The molecule has 4 atom stereocenters. The molecule has 4 unspecified atom stereocenters. The molecule has 7 fully saturated rings. The molecular weight excluding hydrogens is 380 g/mol. The lowest BCUT2D eigenvalue weighted by Crippen LogP contribution is -2.58. The molecule has 6 bridgehead atoms. The van der Waals surface area contributed by atoms with E-state index in [0.29, 0.717) is 44.0 Å². The highest BCUT2D eigenvalue weighted by atomic mass is 16.7. The first kappa shape index (κ1) is 20.0. The predicted octanol–water partition coefficient (Wildman–Crippen LogP) is 4.07. The second kappa shape index (κ2) is 7.45. The van der Waals surface area contributed by atoms with Crippen molar-refractivity contribution in [1.82, 2.24) is 0 Å². The van der Waals surface area contributed by atoms with Gasteiger partial charge >= 0.3 is 5.97 Å². The third-order valence-corrected chi connectivity index (χ3v) is 9.45. The lowest BCUT2D eigenvalue weighted by Gasteiger charge is -2.58. The van der Waals surface area contributed by atoms with Crippen molar-refractivity contribution in [1.29, 1.82) is 0 Å². The van der Waals surface area contributed by atoms with E-state index in [2.05, 4.69) is 0 Å². The van der Waals surface area contributed by atoms with Crippen molar-refractivity contribution >= 4 is 5.97 Å². The zero-order chi connectivity index (χ0) is 20.3. The molecule has 6 aliphatic carbocycles. The van der Waals surface area contributed by atoms with E-state index in [1.54, 1.807) is 0 Å². The fourth-order valence-corrected chi connectivity index (χ4v) is 8.73. The number of rotatable bonds is 4. The van der Waals surface area contributed by atoms with Crippen molar-refractivity contribution in [3.05, 3.63) is 0 Å². The van der Waals surface area contributed by atoms with Gasteiger partial charge in [0, 0.05) is 11.8 Å². The number of aliphatic hydroxyl groups is 1. The highest BCUT2D eigenvalue weighted by Crippen LogP contribution is 2.62. The highest BCUT2D eigenvalue weighted by Gasteiger charge is 2.61. The van der Waals surface area contributed by atoms with Gasteiger partial charge < -0.3 is 19.3 Å². The summed E-state index contributed by atoms with van der Waals surface area (Å²) in [5.74, 6) is 3.36. The second-order valence-corrected chi connectivity index (χ2v) is 12.1. The molecule has 5 nitrogen and oxygen atoms in total.